The lowest BCUT2D eigenvalue weighted by atomic mass is 10.0. The molecule has 0 bridgehead atoms. The Labute approximate surface area is 210 Å². The van der Waals surface area contributed by atoms with E-state index in [2.05, 4.69) is 21.3 Å². The van der Waals surface area contributed by atoms with Gasteiger partial charge in [-0.1, -0.05) is 36.4 Å². The van der Waals surface area contributed by atoms with E-state index in [0.29, 0.717) is 48.4 Å². The van der Waals surface area contributed by atoms with Gasteiger partial charge in [0, 0.05) is 49.4 Å². The van der Waals surface area contributed by atoms with Crippen molar-refractivity contribution in [2.45, 2.75) is 26.7 Å². The second-order valence-corrected chi connectivity index (χ2v) is 8.27. The van der Waals surface area contributed by atoms with E-state index in [9.17, 15) is 19.2 Å². The van der Waals surface area contributed by atoms with E-state index >= 15 is 0 Å². The standard InChI is InChI=1S/C28H30N4O4/c1-19(33)31-25-17-24(14-16-30-28(36)22-11-7-4-8-12-22)26(32-20(2)34)18-23(25)13-15-29-27(35)21-9-5-3-6-10-21/h3-12,17-18H,13-16H2,1-2H3,(H,29,35)(H,30,36)(H,31,33)(H,32,34). The highest BCUT2D eigenvalue weighted by Crippen LogP contribution is 2.27. The summed E-state index contributed by atoms with van der Waals surface area (Å²) in [7, 11) is 0. The third-order valence-corrected chi connectivity index (χ3v) is 5.38. The van der Waals surface area contributed by atoms with Crippen molar-refractivity contribution in [1.29, 1.82) is 0 Å². The zero-order chi connectivity index (χ0) is 25.9. The lowest BCUT2D eigenvalue weighted by molar-refractivity contribution is -0.115. The minimum absolute atomic E-state index is 0.190. The molecule has 0 unspecified atom stereocenters. The zero-order valence-electron chi connectivity index (χ0n) is 20.4. The SMILES string of the molecule is CC(=O)Nc1cc(CCNC(=O)c2ccccc2)c(NC(C)=O)cc1CCNC(=O)c1ccccc1. The molecule has 8 nitrogen and oxygen atoms in total. The molecule has 3 rings (SSSR count). The van der Waals surface area contributed by atoms with Crippen LogP contribution < -0.4 is 21.3 Å². The second kappa shape index (κ2) is 12.9. The molecule has 8 heteroatoms. The smallest absolute Gasteiger partial charge is 0.251 e. The minimum atomic E-state index is -0.236. The van der Waals surface area contributed by atoms with Crippen LogP contribution in [0.1, 0.15) is 45.7 Å². The first-order valence-electron chi connectivity index (χ1n) is 11.7. The first-order valence-corrected chi connectivity index (χ1v) is 11.7. The zero-order valence-corrected chi connectivity index (χ0v) is 20.4. The van der Waals surface area contributed by atoms with E-state index in [0.717, 1.165) is 11.1 Å². The number of amides is 4. The lowest BCUT2D eigenvalue weighted by Gasteiger charge is -2.18. The van der Waals surface area contributed by atoms with Crippen molar-refractivity contribution >= 4 is 35.0 Å². The molecule has 3 aromatic carbocycles. The van der Waals surface area contributed by atoms with Gasteiger partial charge < -0.3 is 21.3 Å². The van der Waals surface area contributed by atoms with Crippen molar-refractivity contribution in [1.82, 2.24) is 10.6 Å². The molecule has 0 radical (unpaired) electrons. The molecule has 36 heavy (non-hydrogen) atoms. The summed E-state index contributed by atoms with van der Waals surface area (Å²) >= 11 is 0. The number of hydrogen-bond acceptors (Lipinski definition) is 4. The molecular formula is C28H30N4O4. The van der Waals surface area contributed by atoms with Gasteiger partial charge in [-0.3, -0.25) is 19.2 Å². The normalized spacial score (nSPS) is 10.3. The van der Waals surface area contributed by atoms with Gasteiger partial charge in [0.05, 0.1) is 0 Å². The Balaban J connectivity index is 1.74. The van der Waals surface area contributed by atoms with E-state index < -0.39 is 0 Å². The van der Waals surface area contributed by atoms with Crippen LogP contribution in [0.15, 0.2) is 72.8 Å². The third kappa shape index (κ3) is 7.80. The molecule has 0 aliphatic heterocycles. The highest BCUT2D eigenvalue weighted by atomic mass is 16.2. The molecular weight excluding hydrogens is 456 g/mol. The largest absolute Gasteiger partial charge is 0.352 e. The predicted octanol–water partition coefficient (Wildman–Crippen LogP) is 3.55. The van der Waals surface area contributed by atoms with Crippen LogP contribution in [0.5, 0.6) is 0 Å². The summed E-state index contributed by atoms with van der Waals surface area (Å²) in [6.07, 6.45) is 0.873. The predicted molar refractivity (Wildman–Crippen MR) is 140 cm³/mol. The summed E-state index contributed by atoms with van der Waals surface area (Å²) in [6.45, 7) is 3.52. The second-order valence-electron chi connectivity index (χ2n) is 8.27. The van der Waals surface area contributed by atoms with Gasteiger partial charge in [-0.2, -0.15) is 0 Å². The summed E-state index contributed by atoms with van der Waals surface area (Å²) < 4.78 is 0. The molecule has 3 aromatic rings. The van der Waals surface area contributed by atoms with Crippen LogP contribution in [-0.4, -0.2) is 36.7 Å². The molecule has 0 aliphatic rings. The number of hydrogen-bond donors (Lipinski definition) is 4. The van der Waals surface area contributed by atoms with Crippen molar-refractivity contribution in [3.05, 3.63) is 95.1 Å². The molecule has 0 atom stereocenters. The van der Waals surface area contributed by atoms with Gasteiger partial charge >= 0.3 is 0 Å². The summed E-state index contributed by atoms with van der Waals surface area (Å²) in [5.74, 6) is -0.852. The molecule has 0 saturated heterocycles. The summed E-state index contributed by atoms with van der Waals surface area (Å²) in [5.41, 5.74) is 3.83. The molecule has 0 heterocycles. The summed E-state index contributed by atoms with van der Waals surface area (Å²) in [6, 6.07) is 21.4. The maximum atomic E-state index is 12.4. The van der Waals surface area contributed by atoms with Crippen LogP contribution in [0.3, 0.4) is 0 Å². The Morgan fingerprint density at radius 3 is 1.28 bits per heavy atom. The number of carbonyl (C=O) groups is 4. The Bertz CT molecular complexity index is 1130. The van der Waals surface area contributed by atoms with Crippen LogP contribution >= 0.6 is 0 Å². The van der Waals surface area contributed by atoms with Gasteiger partial charge in [-0.25, -0.2) is 0 Å². The fourth-order valence-corrected chi connectivity index (χ4v) is 3.72. The summed E-state index contributed by atoms with van der Waals surface area (Å²) in [4.78, 5) is 48.5. The molecule has 0 saturated carbocycles. The molecule has 0 aromatic heterocycles. The van der Waals surface area contributed by atoms with E-state index in [1.807, 2.05) is 12.1 Å². The van der Waals surface area contributed by atoms with Crippen LogP contribution in [-0.2, 0) is 22.4 Å². The van der Waals surface area contributed by atoms with Gasteiger partial charge in [0.15, 0.2) is 0 Å². The van der Waals surface area contributed by atoms with E-state index in [4.69, 9.17) is 0 Å². The first kappa shape index (κ1) is 26.2. The van der Waals surface area contributed by atoms with Gasteiger partial charge in [0.25, 0.3) is 11.8 Å². The minimum Gasteiger partial charge on any atom is -0.352 e. The number of carbonyl (C=O) groups excluding carboxylic acids is 4. The third-order valence-electron chi connectivity index (χ3n) is 5.38. The lowest BCUT2D eigenvalue weighted by Crippen LogP contribution is -2.26. The molecule has 0 aliphatic carbocycles. The Kier molecular flexibility index (Phi) is 9.33. The molecule has 0 spiro atoms. The monoisotopic (exact) mass is 486 g/mol. The van der Waals surface area contributed by atoms with Crippen molar-refractivity contribution in [2.24, 2.45) is 0 Å². The molecule has 4 amide bonds. The van der Waals surface area contributed by atoms with Gasteiger partial charge in [-0.15, -0.1) is 0 Å². The van der Waals surface area contributed by atoms with Gasteiger partial charge in [0.1, 0.15) is 0 Å². The number of rotatable bonds is 10. The van der Waals surface area contributed by atoms with Crippen molar-refractivity contribution in [3.63, 3.8) is 0 Å². The Morgan fingerprint density at radius 1 is 0.583 bits per heavy atom. The fourth-order valence-electron chi connectivity index (χ4n) is 3.72. The highest BCUT2D eigenvalue weighted by Gasteiger charge is 2.14. The van der Waals surface area contributed by atoms with E-state index in [1.165, 1.54) is 13.8 Å². The van der Waals surface area contributed by atoms with Crippen molar-refractivity contribution < 1.29 is 19.2 Å². The average Bonchev–Trinajstić information content (AvgIpc) is 2.86. The number of anilines is 2. The van der Waals surface area contributed by atoms with Gasteiger partial charge in [-0.05, 0) is 60.4 Å². The fraction of sp³-hybridized carbons (Fsp3) is 0.214. The Morgan fingerprint density at radius 2 is 0.944 bits per heavy atom. The molecule has 186 valence electrons. The van der Waals surface area contributed by atoms with Crippen LogP contribution in [0.25, 0.3) is 0 Å². The number of benzene rings is 3. The van der Waals surface area contributed by atoms with E-state index in [-0.39, 0.29) is 23.6 Å². The highest BCUT2D eigenvalue weighted by molar-refractivity contribution is 5.95. The average molecular weight is 487 g/mol. The van der Waals surface area contributed by atoms with Crippen molar-refractivity contribution in [2.75, 3.05) is 23.7 Å². The molecule has 4 N–H and O–H groups in total. The first-order chi connectivity index (χ1) is 17.3. The van der Waals surface area contributed by atoms with Crippen molar-refractivity contribution in [3.8, 4) is 0 Å². The maximum Gasteiger partial charge on any atom is 0.251 e. The van der Waals surface area contributed by atoms with Gasteiger partial charge in [0.2, 0.25) is 11.8 Å². The topological polar surface area (TPSA) is 116 Å². The molecule has 0 fully saturated rings. The number of nitrogens with one attached hydrogen (secondary N) is 4. The summed E-state index contributed by atoms with van der Waals surface area (Å²) in [5, 5.41) is 11.4. The quantitative estimate of drug-likeness (QED) is 0.351. The maximum absolute atomic E-state index is 12.4. The van der Waals surface area contributed by atoms with Crippen LogP contribution in [0.4, 0.5) is 11.4 Å². The van der Waals surface area contributed by atoms with Crippen LogP contribution in [0.2, 0.25) is 0 Å². The van der Waals surface area contributed by atoms with Crippen LogP contribution in [0, 0.1) is 0 Å². The Hall–Kier alpha value is -4.46. The van der Waals surface area contributed by atoms with E-state index in [1.54, 1.807) is 60.7 Å².